The maximum absolute atomic E-state index is 13.9. The van der Waals surface area contributed by atoms with Crippen molar-refractivity contribution in [3.63, 3.8) is 0 Å². The van der Waals surface area contributed by atoms with Gasteiger partial charge in [0.25, 0.3) is 0 Å². The molecule has 0 bridgehead atoms. The summed E-state index contributed by atoms with van der Waals surface area (Å²) in [5, 5.41) is 11.8. The van der Waals surface area contributed by atoms with Gasteiger partial charge in [0.05, 0.1) is 12.6 Å². The summed E-state index contributed by atoms with van der Waals surface area (Å²) in [7, 11) is 0. The molecule has 0 atom stereocenters. The number of halogens is 2. The summed E-state index contributed by atoms with van der Waals surface area (Å²) in [5.74, 6) is -1.50. The quantitative estimate of drug-likeness (QED) is 0.369. The highest BCUT2D eigenvalue weighted by atomic mass is 19.1. The smallest absolute Gasteiger partial charge is 0.149 e. The minimum Gasteiger partial charge on any atom is -0.364 e. The molecule has 0 spiro atoms. The van der Waals surface area contributed by atoms with E-state index in [0.717, 1.165) is 12.1 Å². The minimum atomic E-state index is -0.749. The van der Waals surface area contributed by atoms with Gasteiger partial charge >= 0.3 is 0 Å². The molecule has 6 nitrogen and oxygen atoms in total. The summed E-state index contributed by atoms with van der Waals surface area (Å²) in [4.78, 5) is 6.01. The van der Waals surface area contributed by atoms with E-state index in [1.807, 2.05) is 11.0 Å². The Hall–Kier alpha value is -2.36. The summed E-state index contributed by atoms with van der Waals surface area (Å²) < 4.78 is 27.9. The van der Waals surface area contributed by atoms with Crippen molar-refractivity contribution in [1.82, 2.24) is 4.90 Å². The van der Waals surface area contributed by atoms with Gasteiger partial charge in [-0.15, -0.1) is 0 Å². The molecule has 1 aliphatic rings. The minimum absolute atomic E-state index is 0.0885. The molecule has 0 aromatic heterocycles. The van der Waals surface area contributed by atoms with Crippen LogP contribution in [0.5, 0.6) is 0 Å². The van der Waals surface area contributed by atoms with Crippen molar-refractivity contribution in [2.45, 2.75) is 0 Å². The molecule has 1 aromatic carbocycles. The molecule has 0 unspecified atom stereocenters. The fourth-order valence-electron chi connectivity index (χ4n) is 2.19. The first-order valence-corrected chi connectivity index (χ1v) is 6.04. The second-order valence-corrected chi connectivity index (χ2v) is 4.37. The first-order valence-electron chi connectivity index (χ1n) is 6.04. The Bertz CT molecular complexity index is 559. The van der Waals surface area contributed by atoms with Gasteiger partial charge in [-0.05, 0) is 17.7 Å². The van der Waals surface area contributed by atoms with Gasteiger partial charge in [-0.3, -0.25) is 4.90 Å². The van der Waals surface area contributed by atoms with E-state index in [1.165, 1.54) is 0 Å². The first kappa shape index (κ1) is 14.1. The number of nitriles is 1. The van der Waals surface area contributed by atoms with E-state index in [4.69, 9.17) is 10.8 Å². The van der Waals surface area contributed by atoms with Crippen molar-refractivity contribution in [2.75, 3.05) is 37.6 Å². The van der Waals surface area contributed by atoms with Crippen molar-refractivity contribution < 1.29 is 8.78 Å². The number of hydrogen-bond acceptors (Lipinski definition) is 4. The van der Waals surface area contributed by atoms with Crippen LogP contribution in [0, 0.1) is 23.0 Å². The number of nitrogens with zero attached hydrogens (tertiary/aromatic N) is 6. The Kier molecular flexibility index (Phi) is 4.35. The van der Waals surface area contributed by atoms with Crippen LogP contribution in [0.15, 0.2) is 17.2 Å². The summed E-state index contributed by atoms with van der Waals surface area (Å²) in [6, 6.07) is 4.08. The number of rotatable bonds is 3. The predicted molar refractivity (Wildman–Crippen MR) is 69.4 cm³/mol. The number of piperazine rings is 1. The first-order chi connectivity index (χ1) is 9.65. The van der Waals surface area contributed by atoms with Crippen molar-refractivity contribution in [3.8, 4) is 6.07 Å². The second-order valence-electron chi connectivity index (χ2n) is 4.37. The SMILES string of the molecule is N#CCN1CCN(c2c(F)cc(N=[N+]=[N-])cc2F)CC1. The molecule has 0 amide bonds. The summed E-state index contributed by atoms with van der Waals surface area (Å²) in [6.07, 6.45) is 0. The molecule has 1 heterocycles. The molecule has 8 heteroatoms. The largest absolute Gasteiger partial charge is 0.364 e. The molecule has 0 N–H and O–H groups in total. The molecular formula is C12H12F2N6. The highest BCUT2D eigenvalue weighted by molar-refractivity contribution is 5.55. The zero-order chi connectivity index (χ0) is 14.5. The highest BCUT2D eigenvalue weighted by Crippen LogP contribution is 2.29. The number of hydrogen-bond donors (Lipinski definition) is 0. The second kappa shape index (κ2) is 6.19. The van der Waals surface area contributed by atoms with E-state index >= 15 is 0 Å². The van der Waals surface area contributed by atoms with Crippen LogP contribution >= 0.6 is 0 Å². The van der Waals surface area contributed by atoms with E-state index in [2.05, 4.69) is 10.0 Å². The van der Waals surface area contributed by atoms with Gasteiger partial charge in [-0.1, -0.05) is 5.11 Å². The number of azide groups is 1. The van der Waals surface area contributed by atoms with Crippen molar-refractivity contribution >= 4 is 11.4 Å². The molecule has 1 fully saturated rings. The van der Waals surface area contributed by atoms with Gasteiger partial charge in [0.1, 0.15) is 17.3 Å². The van der Waals surface area contributed by atoms with Crippen LogP contribution < -0.4 is 4.90 Å². The van der Waals surface area contributed by atoms with Crippen LogP contribution in [0.25, 0.3) is 10.4 Å². The Balaban J connectivity index is 2.18. The van der Waals surface area contributed by atoms with Crippen molar-refractivity contribution in [3.05, 3.63) is 34.2 Å². The van der Waals surface area contributed by atoms with Crippen LogP contribution in [-0.2, 0) is 0 Å². The lowest BCUT2D eigenvalue weighted by Crippen LogP contribution is -2.47. The fourth-order valence-corrected chi connectivity index (χ4v) is 2.19. The lowest BCUT2D eigenvalue weighted by Gasteiger charge is -2.35. The Morgan fingerprint density at radius 3 is 2.35 bits per heavy atom. The third kappa shape index (κ3) is 2.96. The van der Waals surface area contributed by atoms with Crippen LogP contribution in [-0.4, -0.2) is 37.6 Å². The Labute approximate surface area is 114 Å². The topological polar surface area (TPSA) is 79.0 Å². The Morgan fingerprint density at radius 1 is 1.25 bits per heavy atom. The van der Waals surface area contributed by atoms with Gasteiger partial charge in [0.2, 0.25) is 0 Å². The molecule has 1 aliphatic heterocycles. The summed E-state index contributed by atoms with van der Waals surface area (Å²) in [5.41, 5.74) is 8.07. The summed E-state index contributed by atoms with van der Waals surface area (Å²) in [6.45, 7) is 2.34. The average Bonchev–Trinajstić information content (AvgIpc) is 2.40. The van der Waals surface area contributed by atoms with Gasteiger partial charge in [0, 0.05) is 36.8 Å². The molecular weight excluding hydrogens is 266 g/mol. The van der Waals surface area contributed by atoms with Crippen LogP contribution in [0.3, 0.4) is 0 Å². The Morgan fingerprint density at radius 2 is 1.85 bits per heavy atom. The van der Waals surface area contributed by atoms with E-state index in [-0.39, 0.29) is 11.4 Å². The molecule has 20 heavy (non-hydrogen) atoms. The van der Waals surface area contributed by atoms with E-state index in [1.54, 1.807) is 4.90 Å². The fraction of sp³-hybridized carbons (Fsp3) is 0.417. The normalized spacial score (nSPS) is 15.6. The van der Waals surface area contributed by atoms with Crippen LogP contribution in [0.4, 0.5) is 20.2 Å². The molecule has 0 radical (unpaired) electrons. The zero-order valence-electron chi connectivity index (χ0n) is 10.6. The average molecular weight is 278 g/mol. The molecule has 104 valence electrons. The molecule has 1 aromatic rings. The van der Waals surface area contributed by atoms with Gasteiger partial charge in [-0.2, -0.15) is 5.26 Å². The lowest BCUT2D eigenvalue weighted by atomic mass is 10.2. The monoisotopic (exact) mass is 278 g/mol. The highest BCUT2D eigenvalue weighted by Gasteiger charge is 2.22. The van der Waals surface area contributed by atoms with Crippen molar-refractivity contribution in [2.24, 2.45) is 5.11 Å². The van der Waals surface area contributed by atoms with Gasteiger partial charge < -0.3 is 4.90 Å². The standard InChI is InChI=1S/C12H12F2N6/c13-10-7-9(17-18-16)8-11(14)12(10)20-5-3-19(2-1-15)4-6-20/h7-8H,2-6H2. The molecule has 1 saturated heterocycles. The van der Waals surface area contributed by atoms with E-state index < -0.39 is 11.6 Å². The van der Waals surface area contributed by atoms with E-state index in [9.17, 15) is 8.78 Å². The lowest BCUT2D eigenvalue weighted by molar-refractivity contribution is 0.285. The summed E-state index contributed by atoms with van der Waals surface area (Å²) >= 11 is 0. The predicted octanol–water partition coefficient (Wildman–Crippen LogP) is 2.55. The van der Waals surface area contributed by atoms with Gasteiger partial charge in [-0.25, -0.2) is 8.78 Å². The van der Waals surface area contributed by atoms with E-state index in [0.29, 0.717) is 32.7 Å². The zero-order valence-corrected chi connectivity index (χ0v) is 10.6. The third-order valence-corrected chi connectivity index (χ3v) is 3.14. The number of anilines is 1. The van der Waals surface area contributed by atoms with Crippen LogP contribution in [0.2, 0.25) is 0 Å². The molecule has 0 aliphatic carbocycles. The molecule has 0 saturated carbocycles. The molecule has 2 rings (SSSR count). The third-order valence-electron chi connectivity index (χ3n) is 3.14. The van der Waals surface area contributed by atoms with Crippen LogP contribution in [0.1, 0.15) is 0 Å². The van der Waals surface area contributed by atoms with Gasteiger partial charge in [0.15, 0.2) is 0 Å². The van der Waals surface area contributed by atoms with Crippen molar-refractivity contribution in [1.29, 1.82) is 5.26 Å². The maximum atomic E-state index is 13.9. The number of benzene rings is 1. The maximum Gasteiger partial charge on any atom is 0.149 e.